The van der Waals surface area contributed by atoms with Crippen molar-refractivity contribution in [1.82, 2.24) is 4.98 Å². The largest absolute Gasteiger partial charge is 0.361 e. The first kappa shape index (κ1) is 10.2. The Kier molecular flexibility index (Phi) is 2.73. The number of hydrogen-bond donors (Lipinski definition) is 2. The normalized spacial score (nSPS) is 13.3. The van der Waals surface area contributed by atoms with Gasteiger partial charge < -0.3 is 10.7 Å². The van der Waals surface area contributed by atoms with Crippen LogP contribution >= 0.6 is 0 Å². The van der Waals surface area contributed by atoms with Crippen LogP contribution in [0.4, 0.5) is 4.39 Å². The van der Waals surface area contributed by atoms with Crippen LogP contribution < -0.4 is 5.73 Å². The lowest BCUT2D eigenvalue weighted by atomic mass is 10.1. The van der Waals surface area contributed by atoms with Gasteiger partial charge in [-0.05, 0) is 43.5 Å². The van der Waals surface area contributed by atoms with Gasteiger partial charge in [-0.25, -0.2) is 4.39 Å². The monoisotopic (exact) mass is 206 g/mol. The lowest BCUT2D eigenvalue weighted by Crippen LogP contribution is -2.15. The van der Waals surface area contributed by atoms with E-state index in [4.69, 9.17) is 5.73 Å². The Morgan fingerprint density at radius 1 is 1.47 bits per heavy atom. The molecule has 0 spiro atoms. The Morgan fingerprint density at radius 2 is 2.27 bits per heavy atom. The minimum atomic E-state index is -0.191. The summed E-state index contributed by atoms with van der Waals surface area (Å²) in [4.78, 5) is 3.13. The Bertz CT molecular complexity index is 460. The van der Waals surface area contributed by atoms with Crippen molar-refractivity contribution in [3.05, 3.63) is 35.8 Å². The van der Waals surface area contributed by atoms with Gasteiger partial charge in [0.15, 0.2) is 0 Å². The van der Waals surface area contributed by atoms with Crippen LogP contribution in [0.25, 0.3) is 10.9 Å². The van der Waals surface area contributed by atoms with Gasteiger partial charge in [0.2, 0.25) is 0 Å². The molecule has 2 aromatic rings. The summed E-state index contributed by atoms with van der Waals surface area (Å²) in [6, 6.07) is 4.99. The van der Waals surface area contributed by atoms with Crippen molar-refractivity contribution in [3.63, 3.8) is 0 Å². The molecular formula is C12H15FN2. The van der Waals surface area contributed by atoms with Gasteiger partial charge in [0.05, 0.1) is 0 Å². The van der Waals surface area contributed by atoms with Gasteiger partial charge in [0, 0.05) is 23.1 Å². The summed E-state index contributed by atoms with van der Waals surface area (Å²) in [5, 5.41) is 0.968. The Labute approximate surface area is 88.3 Å². The van der Waals surface area contributed by atoms with E-state index in [2.05, 4.69) is 4.98 Å². The second-order valence-corrected chi connectivity index (χ2v) is 4.02. The summed E-state index contributed by atoms with van der Waals surface area (Å²) in [6.45, 7) is 1.98. The molecule has 15 heavy (non-hydrogen) atoms. The van der Waals surface area contributed by atoms with Crippen LogP contribution in [-0.2, 0) is 6.42 Å². The molecule has 0 bridgehead atoms. The molecule has 2 nitrogen and oxygen atoms in total. The molecule has 0 aliphatic rings. The summed E-state index contributed by atoms with van der Waals surface area (Å²) in [5.41, 5.74) is 7.82. The fraction of sp³-hybridized carbons (Fsp3) is 0.333. The zero-order valence-electron chi connectivity index (χ0n) is 8.76. The van der Waals surface area contributed by atoms with Crippen LogP contribution in [0, 0.1) is 5.82 Å². The van der Waals surface area contributed by atoms with Crippen molar-refractivity contribution in [2.24, 2.45) is 5.73 Å². The van der Waals surface area contributed by atoms with Crippen molar-refractivity contribution in [1.29, 1.82) is 0 Å². The zero-order valence-corrected chi connectivity index (χ0v) is 8.76. The van der Waals surface area contributed by atoms with E-state index in [1.807, 2.05) is 13.1 Å². The molecule has 0 fully saturated rings. The number of hydrogen-bond acceptors (Lipinski definition) is 1. The van der Waals surface area contributed by atoms with E-state index in [9.17, 15) is 4.39 Å². The number of aryl methyl sites for hydroxylation is 1. The van der Waals surface area contributed by atoms with Crippen molar-refractivity contribution >= 4 is 10.9 Å². The van der Waals surface area contributed by atoms with Crippen molar-refractivity contribution in [3.8, 4) is 0 Å². The minimum absolute atomic E-state index is 0.184. The van der Waals surface area contributed by atoms with Gasteiger partial charge in [0.25, 0.3) is 0 Å². The topological polar surface area (TPSA) is 41.8 Å². The highest BCUT2D eigenvalue weighted by atomic mass is 19.1. The van der Waals surface area contributed by atoms with E-state index in [0.717, 1.165) is 29.3 Å². The smallest absolute Gasteiger partial charge is 0.123 e. The molecule has 0 unspecified atom stereocenters. The molecule has 0 saturated heterocycles. The number of aromatic nitrogens is 1. The number of aromatic amines is 1. The second kappa shape index (κ2) is 4.03. The number of nitrogens with two attached hydrogens (primary N) is 1. The van der Waals surface area contributed by atoms with Gasteiger partial charge in [-0.2, -0.15) is 0 Å². The maximum absolute atomic E-state index is 13.1. The van der Waals surface area contributed by atoms with E-state index >= 15 is 0 Å². The molecule has 80 valence electrons. The molecule has 1 aromatic heterocycles. The molecule has 2 rings (SSSR count). The van der Waals surface area contributed by atoms with Gasteiger partial charge in [0.1, 0.15) is 5.82 Å². The third kappa shape index (κ3) is 2.18. The maximum atomic E-state index is 13.1. The lowest BCUT2D eigenvalue weighted by Gasteiger charge is -2.03. The van der Waals surface area contributed by atoms with Crippen molar-refractivity contribution in [2.75, 3.05) is 0 Å². The molecule has 0 saturated carbocycles. The highest BCUT2D eigenvalue weighted by Crippen LogP contribution is 2.20. The number of fused-ring (bicyclic) bond motifs is 1. The molecule has 1 aromatic carbocycles. The summed E-state index contributed by atoms with van der Waals surface area (Å²) in [7, 11) is 0. The number of halogens is 1. The van der Waals surface area contributed by atoms with Gasteiger partial charge >= 0.3 is 0 Å². The Morgan fingerprint density at radius 3 is 3.00 bits per heavy atom. The number of rotatable bonds is 3. The maximum Gasteiger partial charge on any atom is 0.123 e. The van der Waals surface area contributed by atoms with Crippen LogP contribution in [0.2, 0.25) is 0 Å². The fourth-order valence-corrected chi connectivity index (χ4v) is 1.74. The fourth-order valence-electron chi connectivity index (χ4n) is 1.74. The van der Waals surface area contributed by atoms with Crippen LogP contribution in [0.1, 0.15) is 18.9 Å². The summed E-state index contributed by atoms with van der Waals surface area (Å²) < 4.78 is 13.1. The predicted molar refractivity (Wildman–Crippen MR) is 60.2 cm³/mol. The first-order valence-corrected chi connectivity index (χ1v) is 5.18. The molecule has 1 heterocycles. The van der Waals surface area contributed by atoms with Crippen LogP contribution in [0.5, 0.6) is 0 Å². The van der Waals surface area contributed by atoms with Crippen molar-refractivity contribution in [2.45, 2.75) is 25.8 Å². The molecule has 3 N–H and O–H groups in total. The summed E-state index contributed by atoms with van der Waals surface area (Å²) >= 11 is 0. The zero-order chi connectivity index (χ0) is 10.8. The standard InChI is InChI=1S/C12H15FN2/c1-8(14)2-3-9-7-15-12-5-4-10(13)6-11(9)12/h4-8,15H,2-3,14H2,1H3/t8-/m1/s1. The highest BCUT2D eigenvalue weighted by molar-refractivity contribution is 5.83. The van der Waals surface area contributed by atoms with Crippen molar-refractivity contribution < 1.29 is 4.39 Å². The van der Waals surface area contributed by atoms with E-state index in [1.54, 1.807) is 12.1 Å². The van der Waals surface area contributed by atoms with Crippen LogP contribution in [0.3, 0.4) is 0 Å². The molecule has 3 heteroatoms. The first-order chi connectivity index (χ1) is 7.16. The van der Waals surface area contributed by atoms with Gasteiger partial charge in [-0.1, -0.05) is 0 Å². The minimum Gasteiger partial charge on any atom is -0.361 e. The van der Waals surface area contributed by atoms with Crippen LogP contribution in [0.15, 0.2) is 24.4 Å². The Balaban J connectivity index is 2.31. The lowest BCUT2D eigenvalue weighted by molar-refractivity contribution is 0.629. The molecule has 0 aliphatic heterocycles. The van der Waals surface area contributed by atoms with E-state index in [1.165, 1.54) is 6.07 Å². The average molecular weight is 206 g/mol. The number of nitrogens with one attached hydrogen (secondary N) is 1. The Hall–Kier alpha value is -1.35. The van der Waals surface area contributed by atoms with E-state index in [0.29, 0.717) is 0 Å². The third-order valence-electron chi connectivity index (χ3n) is 2.60. The first-order valence-electron chi connectivity index (χ1n) is 5.18. The number of benzene rings is 1. The van der Waals surface area contributed by atoms with Gasteiger partial charge in [-0.15, -0.1) is 0 Å². The van der Waals surface area contributed by atoms with E-state index in [-0.39, 0.29) is 11.9 Å². The number of H-pyrrole nitrogens is 1. The SMILES string of the molecule is C[C@@H](N)CCc1c[nH]c2ccc(F)cc12. The molecule has 0 aliphatic carbocycles. The van der Waals surface area contributed by atoms with Crippen LogP contribution in [-0.4, -0.2) is 11.0 Å². The quantitative estimate of drug-likeness (QED) is 0.796. The third-order valence-corrected chi connectivity index (χ3v) is 2.60. The predicted octanol–water partition coefficient (Wildman–Crippen LogP) is 2.59. The molecule has 0 amide bonds. The summed E-state index contributed by atoms with van der Waals surface area (Å²) in [6.07, 6.45) is 3.75. The molecule has 0 radical (unpaired) electrons. The molecular weight excluding hydrogens is 191 g/mol. The molecule has 1 atom stereocenters. The van der Waals surface area contributed by atoms with Gasteiger partial charge in [-0.3, -0.25) is 0 Å². The average Bonchev–Trinajstić information content (AvgIpc) is 2.57. The summed E-state index contributed by atoms with van der Waals surface area (Å²) in [5.74, 6) is -0.191. The second-order valence-electron chi connectivity index (χ2n) is 4.02. The van der Waals surface area contributed by atoms with E-state index < -0.39 is 0 Å². The highest BCUT2D eigenvalue weighted by Gasteiger charge is 2.05.